The number of carbonyl (C=O) groups is 2. The molecule has 0 spiro atoms. The lowest BCUT2D eigenvalue weighted by atomic mass is 10.1. The molecule has 2 aromatic carbocycles. The summed E-state index contributed by atoms with van der Waals surface area (Å²) in [5.74, 6) is -1.28. The number of alkyl halides is 3. The van der Waals surface area contributed by atoms with Crippen molar-refractivity contribution in [2.24, 2.45) is 0 Å². The van der Waals surface area contributed by atoms with E-state index in [-0.39, 0.29) is 12.6 Å². The number of carbonyl (C=O) groups excluding carboxylic acids is 2. The zero-order valence-electron chi connectivity index (χ0n) is 19.9. The van der Waals surface area contributed by atoms with Crippen molar-refractivity contribution in [3.63, 3.8) is 0 Å². The van der Waals surface area contributed by atoms with Gasteiger partial charge in [-0.25, -0.2) is 8.42 Å². The lowest BCUT2D eigenvalue weighted by molar-refractivity contribution is -0.139. The van der Waals surface area contributed by atoms with Crippen molar-refractivity contribution >= 4 is 50.7 Å². The monoisotopic (exact) mass is 567 g/mol. The maximum Gasteiger partial charge on any atom is 0.417 e. The van der Waals surface area contributed by atoms with Crippen LogP contribution in [0.1, 0.15) is 31.9 Å². The van der Waals surface area contributed by atoms with E-state index in [1.807, 2.05) is 0 Å². The Bertz CT molecular complexity index is 1210. The van der Waals surface area contributed by atoms with Crippen LogP contribution in [-0.4, -0.2) is 50.0 Å². The summed E-state index contributed by atoms with van der Waals surface area (Å²) in [5.41, 5.74) is -1.03. The number of anilines is 1. The number of nitrogens with one attached hydrogen (secondary N) is 1. The number of hydrogen-bond acceptors (Lipinski definition) is 4. The second kappa shape index (κ2) is 11.7. The van der Waals surface area contributed by atoms with Crippen LogP contribution in [0.2, 0.25) is 10.0 Å². The third-order valence-electron chi connectivity index (χ3n) is 5.09. The zero-order chi connectivity index (χ0) is 27.4. The topological polar surface area (TPSA) is 86.8 Å². The smallest absolute Gasteiger partial charge is 0.352 e. The van der Waals surface area contributed by atoms with Crippen molar-refractivity contribution in [1.29, 1.82) is 0 Å². The second-order valence-corrected chi connectivity index (χ2v) is 11.2. The van der Waals surface area contributed by atoms with E-state index >= 15 is 0 Å². The molecule has 1 N–H and O–H groups in total. The van der Waals surface area contributed by atoms with Gasteiger partial charge in [0.15, 0.2) is 0 Å². The normalized spacial score (nSPS) is 12.8. The molecule has 0 aliphatic heterocycles. The summed E-state index contributed by atoms with van der Waals surface area (Å²) >= 11 is 11.6. The first-order chi connectivity index (χ1) is 16.5. The number of sulfonamides is 1. The molecule has 198 valence electrons. The lowest BCUT2D eigenvalue weighted by Crippen LogP contribution is -2.52. The molecular formula is C23H26Cl2F3N3O4S. The van der Waals surface area contributed by atoms with Crippen LogP contribution < -0.4 is 9.62 Å². The minimum absolute atomic E-state index is 0.0747. The van der Waals surface area contributed by atoms with Gasteiger partial charge in [-0.1, -0.05) is 35.3 Å². The highest BCUT2D eigenvalue weighted by molar-refractivity contribution is 7.92. The lowest BCUT2D eigenvalue weighted by Gasteiger charge is -2.32. The van der Waals surface area contributed by atoms with Crippen LogP contribution >= 0.6 is 23.2 Å². The Morgan fingerprint density at radius 3 is 2.11 bits per heavy atom. The Morgan fingerprint density at radius 2 is 1.61 bits per heavy atom. The molecule has 0 radical (unpaired) electrons. The standard InChI is InChI=1S/C23H26Cl2F3N3O4S/c1-14(2)29-22(33)15(3)30(12-16-5-7-17(24)8-6-16)21(32)13-31(36(4,34)35)18-9-10-20(25)19(11-18)23(26,27)28/h5-11,14-15H,12-13H2,1-4H3,(H,29,33)/t15-/m1/s1. The van der Waals surface area contributed by atoms with E-state index in [0.29, 0.717) is 21.0 Å². The first kappa shape index (κ1) is 29.7. The van der Waals surface area contributed by atoms with E-state index in [4.69, 9.17) is 23.2 Å². The molecular weight excluding hydrogens is 542 g/mol. The quantitative estimate of drug-likeness (QED) is 0.475. The number of nitrogens with zero attached hydrogens (tertiary/aromatic N) is 2. The van der Waals surface area contributed by atoms with Crippen LogP contribution in [0.4, 0.5) is 18.9 Å². The third-order valence-corrected chi connectivity index (χ3v) is 6.81. The molecule has 0 aliphatic carbocycles. The number of amides is 2. The van der Waals surface area contributed by atoms with Gasteiger partial charge in [0.1, 0.15) is 12.6 Å². The van der Waals surface area contributed by atoms with Crippen LogP contribution in [0.3, 0.4) is 0 Å². The molecule has 2 aromatic rings. The van der Waals surface area contributed by atoms with Crippen molar-refractivity contribution in [1.82, 2.24) is 10.2 Å². The molecule has 0 aromatic heterocycles. The Labute approximate surface area is 218 Å². The molecule has 0 saturated carbocycles. The first-order valence-corrected chi connectivity index (χ1v) is 13.3. The predicted molar refractivity (Wildman–Crippen MR) is 133 cm³/mol. The van der Waals surface area contributed by atoms with E-state index in [0.717, 1.165) is 23.3 Å². The SMILES string of the molecule is CC(C)NC(=O)[C@@H](C)N(Cc1ccc(Cl)cc1)C(=O)CN(c1ccc(Cl)c(C(F)(F)F)c1)S(C)(=O)=O. The van der Waals surface area contributed by atoms with Crippen LogP contribution in [0.25, 0.3) is 0 Å². The molecule has 2 amide bonds. The highest BCUT2D eigenvalue weighted by atomic mass is 35.5. The van der Waals surface area contributed by atoms with Crippen molar-refractivity contribution in [3.05, 3.63) is 63.6 Å². The van der Waals surface area contributed by atoms with E-state index in [1.54, 1.807) is 38.1 Å². The van der Waals surface area contributed by atoms with E-state index in [2.05, 4.69) is 5.32 Å². The molecule has 7 nitrogen and oxygen atoms in total. The molecule has 13 heteroatoms. The number of rotatable bonds is 9. The zero-order valence-corrected chi connectivity index (χ0v) is 22.3. The Kier molecular flexibility index (Phi) is 9.66. The summed E-state index contributed by atoms with van der Waals surface area (Å²) in [5, 5.41) is 2.53. The number of hydrogen-bond donors (Lipinski definition) is 1. The van der Waals surface area contributed by atoms with Crippen molar-refractivity contribution < 1.29 is 31.2 Å². The maximum absolute atomic E-state index is 13.4. The van der Waals surface area contributed by atoms with E-state index < -0.39 is 56.9 Å². The average molecular weight is 568 g/mol. The summed E-state index contributed by atoms with van der Waals surface area (Å²) in [4.78, 5) is 27.2. The molecule has 0 bridgehead atoms. The van der Waals surface area contributed by atoms with Gasteiger partial charge in [-0.3, -0.25) is 13.9 Å². The molecule has 0 heterocycles. The van der Waals surface area contributed by atoms with Gasteiger partial charge in [0, 0.05) is 17.6 Å². The molecule has 0 fully saturated rings. The van der Waals surface area contributed by atoms with Gasteiger partial charge in [-0.2, -0.15) is 13.2 Å². The van der Waals surface area contributed by atoms with Crippen LogP contribution in [0.15, 0.2) is 42.5 Å². The fraction of sp³-hybridized carbons (Fsp3) is 0.391. The van der Waals surface area contributed by atoms with Gasteiger partial charge in [0.2, 0.25) is 21.8 Å². The fourth-order valence-corrected chi connectivity index (χ4v) is 4.47. The van der Waals surface area contributed by atoms with Crippen molar-refractivity contribution in [3.8, 4) is 0 Å². The number of halogens is 5. The molecule has 36 heavy (non-hydrogen) atoms. The number of benzene rings is 2. The molecule has 0 aliphatic rings. The molecule has 1 atom stereocenters. The van der Waals surface area contributed by atoms with Crippen LogP contribution in [0, 0.1) is 0 Å². The highest BCUT2D eigenvalue weighted by Crippen LogP contribution is 2.37. The minimum Gasteiger partial charge on any atom is -0.352 e. The summed E-state index contributed by atoms with van der Waals surface area (Å²) < 4.78 is 65.7. The summed E-state index contributed by atoms with van der Waals surface area (Å²) in [7, 11) is -4.21. The third kappa shape index (κ3) is 8.01. The first-order valence-electron chi connectivity index (χ1n) is 10.7. The highest BCUT2D eigenvalue weighted by Gasteiger charge is 2.35. The maximum atomic E-state index is 13.4. The van der Waals surface area contributed by atoms with Gasteiger partial charge >= 0.3 is 6.18 Å². The molecule has 0 unspecified atom stereocenters. The average Bonchev–Trinajstić information content (AvgIpc) is 2.75. The van der Waals surface area contributed by atoms with Gasteiger partial charge in [-0.15, -0.1) is 0 Å². The van der Waals surface area contributed by atoms with Gasteiger partial charge in [-0.05, 0) is 56.7 Å². The van der Waals surface area contributed by atoms with Gasteiger partial charge < -0.3 is 10.2 Å². The van der Waals surface area contributed by atoms with E-state index in [9.17, 15) is 31.2 Å². The Morgan fingerprint density at radius 1 is 1.03 bits per heavy atom. The summed E-state index contributed by atoms with van der Waals surface area (Å²) in [6.07, 6.45) is -4.08. The van der Waals surface area contributed by atoms with E-state index in [1.165, 1.54) is 6.92 Å². The van der Waals surface area contributed by atoms with Crippen molar-refractivity contribution in [2.75, 3.05) is 17.1 Å². The van der Waals surface area contributed by atoms with Gasteiger partial charge in [0.05, 0.1) is 22.5 Å². The van der Waals surface area contributed by atoms with Crippen LogP contribution in [0.5, 0.6) is 0 Å². The van der Waals surface area contributed by atoms with Crippen LogP contribution in [-0.2, 0) is 32.3 Å². The van der Waals surface area contributed by atoms with Gasteiger partial charge in [0.25, 0.3) is 0 Å². The molecule has 2 rings (SSSR count). The Hall–Kier alpha value is -2.50. The Balaban J connectivity index is 2.47. The summed E-state index contributed by atoms with van der Waals surface area (Å²) in [6.45, 7) is 4.03. The predicted octanol–water partition coefficient (Wildman–Crippen LogP) is 4.72. The van der Waals surface area contributed by atoms with Crippen molar-refractivity contribution in [2.45, 2.75) is 45.6 Å². The molecule has 0 saturated heterocycles. The minimum atomic E-state index is -4.84. The fourth-order valence-electron chi connectivity index (χ4n) is 3.27. The summed E-state index contributed by atoms with van der Waals surface area (Å²) in [6, 6.07) is 7.76. The largest absolute Gasteiger partial charge is 0.417 e. The second-order valence-electron chi connectivity index (χ2n) is 8.42.